The first-order valence-electron chi connectivity index (χ1n) is 5.60. The lowest BCUT2D eigenvalue weighted by Gasteiger charge is -2.16. The minimum absolute atomic E-state index is 0.174. The summed E-state index contributed by atoms with van der Waals surface area (Å²) in [5.41, 5.74) is 0. The molecule has 2 rings (SSSR count). The molecule has 0 atom stereocenters. The van der Waals surface area contributed by atoms with Gasteiger partial charge in [-0.3, -0.25) is 0 Å². The fourth-order valence-electron chi connectivity index (χ4n) is 1.93. The predicted molar refractivity (Wildman–Crippen MR) is 64.2 cm³/mol. The van der Waals surface area contributed by atoms with Gasteiger partial charge in [0.1, 0.15) is 11.1 Å². The average Bonchev–Trinajstić information content (AvgIpc) is 2.52. The molecule has 1 aromatic rings. The Morgan fingerprint density at radius 2 is 1.81 bits per heavy atom. The van der Waals surface area contributed by atoms with Gasteiger partial charge in [0.25, 0.3) is 0 Å². The van der Waals surface area contributed by atoms with Gasteiger partial charge in [-0.25, -0.2) is 4.98 Å². The smallest absolute Gasteiger partial charge is 0.237 e. The Morgan fingerprint density at radius 3 is 2.50 bits per heavy atom. The SMILES string of the molecule is Clc1ncc(Cl)c(OC2CCCCCC2)n1. The topological polar surface area (TPSA) is 35.0 Å². The van der Waals surface area contributed by atoms with Crippen molar-refractivity contribution >= 4 is 23.2 Å². The molecule has 0 spiro atoms. The third-order valence-corrected chi connectivity index (χ3v) is 3.20. The van der Waals surface area contributed by atoms with Crippen molar-refractivity contribution in [3.63, 3.8) is 0 Å². The summed E-state index contributed by atoms with van der Waals surface area (Å²) < 4.78 is 5.78. The van der Waals surface area contributed by atoms with Crippen LogP contribution in [0.25, 0.3) is 0 Å². The molecule has 16 heavy (non-hydrogen) atoms. The van der Waals surface area contributed by atoms with Gasteiger partial charge < -0.3 is 4.74 Å². The lowest BCUT2D eigenvalue weighted by Crippen LogP contribution is -2.16. The zero-order valence-electron chi connectivity index (χ0n) is 8.96. The van der Waals surface area contributed by atoms with Crippen LogP contribution in [0.15, 0.2) is 6.20 Å². The molecule has 5 heteroatoms. The third kappa shape index (κ3) is 3.22. The molecule has 0 aromatic carbocycles. The van der Waals surface area contributed by atoms with E-state index in [-0.39, 0.29) is 11.4 Å². The zero-order valence-corrected chi connectivity index (χ0v) is 10.5. The Bertz CT molecular complexity index is 352. The van der Waals surface area contributed by atoms with Crippen LogP contribution in [-0.4, -0.2) is 16.1 Å². The second-order valence-electron chi connectivity index (χ2n) is 4.02. The number of hydrogen-bond donors (Lipinski definition) is 0. The molecule has 0 aliphatic heterocycles. The van der Waals surface area contributed by atoms with Crippen molar-refractivity contribution in [2.75, 3.05) is 0 Å². The molecule has 1 heterocycles. The highest BCUT2D eigenvalue weighted by atomic mass is 35.5. The van der Waals surface area contributed by atoms with Gasteiger partial charge in [-0.1, -0.05) is 24.4 Å². The minimum Gasteiger partial charge on any atom is -0.473 e. The Kier molecular flexibility index (Phi) is 4.24. The normalized spacial score (nSPS) is 18.1. The van der Waals surface area contributed by atoms with Crippen molar-refractivity contribution in [2.24, 2.45) is 0 Å². The van der Waals surface area contributed by atoms with Gasteiger partial charge >= 0.3 is 0 Å². The Balaban J connectivity index is 2.04. The van der Waals surface area contributed by atoms with E-state index in [1.165, 1.54) is 31.9 Å². The Labute approximate surface area is 105 Å². The third-order valence-electron chi connectivity index (χ3n) is 2.76. The molecule has 0 amide bonds. The summed E-state index contributed by atoms with van der Waals surface area (Å²) in [6.45, 7) is 0. The first-order chi connectivity index (χ1) is 7.75. The molecule has 88 valence electrons. The summed E-state index contributed by atoms with van der Waals surface area (Å²) in [6.07, 6.45) is 8.82. The largest absolute Gasteiger partial charge is 0.473 e. The van der Waals surface area contributed by atoms with E-state index in [4.69, 9.17) is 27.9 Å². The van der Waals surface area contributed by atoms with E-state index in [2.05, 4.69) is 9.97 Å². The molecule has 1 aromatic heterocycles. The van der Waals surface area contributed by atoms with E-state index < -0.39 is 0 Å². The van der Waals surface area contributed by atoms with Crippen molar-refractivity contribution in [1.82, 2.24) is 9.97 Å². The van der Waals surface area contributed by atoms with Gasteiger partial charge in [0.2, 0.25) is 11.2 Å². The molecule has 1 fully saturated rings. The van der Waals surface area contributed by atoms with E-state index in [1.54, 1.807) is 0 Å². The summed E-state index contributed by atoms with van der Waals surface area (Å²) in [4.78, 5) is 7.79. The van der Waals surface area contributed by atoms with Crippen LogP contribution in [0.2, 0.25) is 10.3 Å². The summed E-state index contributed by atoms with van der Waals surface area (Å²) in [5, 5.41) is 0.599. The molecule has 0 N–H and O–H groups in total. The van der Waals surface area contributed by atoms with Crippen LogP contribution in [0, 0.1) is 0 Å². The standard InChI is InChI=1S/C11H14Cl2N2O/c12-9-7-14-11(13)15-10(9)16-8-5-3-1-2-4-6-8/h7-8H,1-6H2. The zero-order chi connectivity index (χ0) is 11.4. The van der Waals surface area contributed by atoms with E-state index in [9.17, 15) is 0 Å². The number of aromatic nitrogens is 2. The monoisotopic (exact) mass is 260 g/mol. The van der Waals surface area contributed by atoms with Gasteiger partial charge in [-0.2, -0.15) is 4.98 Å². The van der Waals surface area contributed by atoms with Crippen LogP contribution in [0.1, 0.15) is 38.5 Å². The molecule has 3 nitrogen and oxygen atoms in total. The molecule has 0 bridgehead atoms. The number of rotatable bonds is 2. The van der Waals surface area contributed by atoms with E-state index in [0.29, 0.717) is 10.9 Å². The van der Waals surface area contributed by atoms with Gasteiger partial charge in [-0.15, -0.1) is 0 Å². The second kappa shape index (κ2) is 5.69. The maximum Gasteiger partial charge on any atom is 0.237 e. The van der Waals surface area contributed by atoms with Crippen LogP contribution >= 0.6 is 23.2 Å². The fraction of sp³-hybridized carbons (Fsp3) is 0.636. The van der Waals surface area contributed by atoms with Gasteiger partial charge in [0, 0.05) is 0 Å². The van der Waals surface area contributed by atoms with Crippen molar-refractivity contribution < 1.29 is 4.74 Å². The summed E-state index contributed by atoms with van der Waals surface area (Å²) in [6, 6.07) is 0. The van der Waals surface area contributed by atoms with Crippen LogP contribution in [0.5, 0.6) is 5.88 Å². The molecule has 1 aliphatic rings. The highest BCUT2D eigenvalue weighted by Crippen LogP contribution is 2.27. The van der Waals surface area contributed by atoms with Crippen molar-refractivity contribution in [2.45, 2.75) is 44.6 Å². The number of nitrogens with zero attached hydrogens (tertiary/aromatic N) is 2. The van der Waals surface area contributed by atoms with Gasteiger partial charge in [-0.05, 0) is 37.3 Å². The number of halogens is 2. The fourth-order valence-corrected chi connectivity index (χ4v) is 2.19. The molecular formula is C11H14Cl2N2O. The lowest BCUT2D eigenvalue weighted by atomic mass is 10.1. The molecule has 0 radical (unpaired) electrons. The van der Waals surface area contributed by atoms with Crippen molar-refractivity contribution in [3.8, 4) is 5.88 Å². The van der Waals surface area contributed by atoms with E-state index in [1.807, 2.05) is 0 Å². The quantitative estimate of drug-likeness (QED) is 0.598. The summed E-state index contributed by atoms with van der Waals surface area (Å²) >= 11 is 11.7. The lowest BCUT2D eigenvalue weighted by molar-refractivity contribution is 0.176. The van der Waals surface area contributed by atoms with Crippen LogP contribution < -0.4 is 4.74 Å². The maximum absolute atomic E-state index is 5.95. The van der Waals surface area contributed by atoms with Crippen molar-refractivity contribution in [1.29, 1.82) is 0 Å². The number of hydrogen-bond acceptors (Lipinski definition) is 3. The summed E-state index contributed by atoms with van der Waals surface area (Å²) in [7, 11) is 0. The first kappa shape index (κ1) is 11.9. The minimum atomic E-state index is 0.174. The molecule has 1 saturated carbocycles. The highest BCUT2D eigenvalue weighted by Gasteiger charge is 2.16. The Morgan fingerprint density at radius 1 is 1.12 bits per heavy atom. The molecule has 0 unspecified atom stereocenters. The van der Waals surface area contributed by atoms with E-state index >= 15 is 0 Å². The van der Waals surface area contributed by atoms with Gasteiger partial charge in [0.05, 0.1) is 6.20 Å². The molecule has 1 aliphatic carbocycles. The average molecular weight is 261 g/mol. The van der Waals surface area contributed by atoms with Gasteiger partial charge in [0.15, 0.2) is 0 Å². The highest BCUT2D eigenvalue weighted by molar-refractivity contribution is 6.32. The van der Waals surface area contributed by atoms with Crippen LogP contribution in [-0.2, 0) is 0 Å². The second-order valence-corrected chi connectivity index (χ2v) is 4.77. The summed E-state index contributed by atoms with van der Waals surface area (Å²) in [5.74, 6) is 0.411. The molecular weight excluding hydrogens is 247 g/mol. The number of ether oxygens (including phenoxy) is 1. The van der Waals surface area contributed by atoms with E-state index in [0.717, 1.165) is 12.8 Å². The first-order valence-corrected chi connectivity index (χ1v) is 6.36. The molecule has 0 saturated heterocycles. The van der Waals surface area contributed by atoms with Crippen molar-refractivity contribution in [3.05, 3.63) is 16.5 Å². The predicted octanol–water partition coefficient (Wildman–Crippen LogP) is 3.89. The Hall–Kier alpha value is -0.540. The maximum atomic E-state index is 5.95. The van der Waals surface area contributed by atoms with Crippen LogP contribution in [0.4, 0.5) is 0 Å². The van der Waals surface area contributed by atoms with Crippen LogP contribution in [0.3, 0.4) is 0 Å².